The quantitative estimate of drug-likeness (QED) is 0.163. The van der Waals surface area contributed by atoms with Crippen molar-refractivity contribution in [3.05, 3.63) is 200 Å². The van der Waals surface area contributed by atoms with Crippen LogP contribution in [0, 0.1) is 0 Å². The number of pyridine rings is 1. The Labute approximate surface area is 313 Å². The average Bonchev–Trinajstić information content (AvgIpc) is 3.26. The molecule has 54 heavy (non-hydrogen) atoms. The molecule has 0 N–H and O–H groups in total. The van der Waals surface area contributed by atoms with E-state index in [0.29, 0.717) is 5.82 Å². The average molecular weight is 688 g/mol. The number of aromatic nitrogens is 3. The maximum atomic E-state index is 5.22. The van der Waals surface area contributed by atoms with E-state index in [1.165, 1.54) is 49.0 Å². The fourth-order valence-electron chi connectivity index (χ4n) is 7.76. The van der Waals surface area contributed by atoms with Crippen LogP contribution in [0.5, 0.6) is 0 Å². The third-order valence-electron chi connectivity index (χ3n) is 10.4. The van der Waals surface area contributed by atoms with E-state index in [2.05, 4.69) is 181 Å². The Bertz CT molecular complexity index is 2910. The Morgan fingerprint density at radius 3 is 1.44 bits per heavy atom. The Kier molecular flexibility index (Phi) is 7.81. The summed E-state index contributed by atoms with van der Waals surface area (Å²) in [5, 5.41) is 7.36. The van der Waals surface area contributed by atoms with Gasteiger partial charge in [0.2, 0.25) is 0 Å². The van der Waals surface area contributed by atoms with E-state index >= 15 is 0 Å². The molecule has 0 aliphatic heterocycles. The van der Waals surface area contributed by atoms with Crippen LogP contribution in [0.2, 0.25) is 0 Å². The highest BCUT2D eigenvalue weighted by Gasteiger charge is 2.18. The SMILES string of the molecule is c1ccc(-c2cc(-c3ccc(-c4cccnc4)cc3)nc(-c3cccc(-c4c5ccccc5c(-c5ccc6ccccc6c5)c5ccccc45)c3)n2)cc1. The van der Waals surface area contributed by atoms with Crippen LogP contribution in [0.1, 0.15) is 0 Å². The largest absolute Gasteiger partial charge is 0.264 e. The molecule has 10 aromatic rings. The van der Waals surface area contributed by atoms with Crippen molar-refractivity contribution in [2.75, 3.05) is 0 Å². The molecular weight excluding hydrogens is 655 g/mol. The minimum absolute atomic E-state index is 0.686. The molecule has 0 atom stereocenters. The van der Waals surface area contributed by atoms with Crippen LogP contribution in [0.15, 0.2) is 200 Å². The first kappa shape index (κ1) is 31.5. The lowest BCUT2D eigenvalue weighted by Gasteiger charge is -2.18. The first-order chi connectivity index (χ1) is 26.8. The number of fused-ring (bicyclic) bond motifs is 3. The van der Waals surface area contributed by atoms with Gasteiger partial charge in [-0.1, -0.05) is 164 Å². The Hall–Kier alpha value is -7.23. The van der Waals surface area contributed by atoms with Gasteiger partial charge in [-0.3, -0.25) is 4.98 Å². The molecule has 0 saturated carbocycles. The van der Waals surface area contributed by atoms with Crippen LogP contribution >= 0.6 is 0 Å². The van der Waals surface area contributed by atoms with Crippen molar-refractivity contribution in [1.29, 1.82) is 0 Å². The number of nitrogens with zero attached hydrogens (tertiary/aromatic N) is 3. The van der Waals surface area contributed by atoms with Crippen LogP contribution in [-0.2, 0) is 0 Å². The van der Waals surface area contributed by atoms with Crippen molar-refractivity contribution in [3.8, 4) is 67.3 Å². The van der Waals surface area contributed by atoms with E-state index in [0.717, 1.165) is 44.8 Å². The van der Waals surface area contributed by atoms with E-state index in [-0.39, 0.29) is 0 Å². The van der Waals surface area contributed by atoms with Crippen molar-refractivity contribution >= 4 is 32.3 Å². The van der Waals surface area contributed by atoms with Crippen LogP contribution < -0.4 is 0 Å². The fourth-order valence-corrected chi connectivity index (χ4v) is 7.76. The molecule has 0 fully saturated rings. The van der Waals surface area contributed by atoms with Gasteiger partial charge in [0.05, 0.1) is 11.4 Å². The van der Waals surface area contributed by atoms with Gasteiger partial charge in [-0.25, -0.2) is 9.97 Å². The van der Waals surface area contributed by atoms with Gasteiger partial charge in [-0.15, -0.1) is 0 Å². The lowest BCUT2D eigenvalue weighted by atomic mass is 9.85. The van der Waals surface area contributed by atoms with Crippen LogP contribution in [-0.4, -0.2) is 15.0 Å². The van der Waals surface area contributed by atoms with Gasteiger partial charge in [0, 0.05) is 29.1 Å². The Balaban J connectivity index is 1.14. The smallest absolute Gasteiger partial charge is 0.160 e. The molecule has 0 saturated heterocycles. The van der Waals surface area contributed by atoms with Crippen molar-refractivity contribution in [1.82, 2.24) is 15.0 Å². The lowest BCUT2D eigenvalue weighted by Crippen LogP contribution is -1.96. The summed E-state index contributed by atoms with van der Waals surface area (Å²) in [4.78, 5) is 14.7. The van der Waals surface area contributed by atoms with E-state index in [4.69, 9.17) is 9.97 Å². The second kappa shape index (κ2) is 13.4. The number of hydrogen-bond acceptors (Lipinski definition) is 3. The number of hydrogen-bond donors (Lipinski definition) is 0. The van der Waals surface area contributed by atoms with Crippen molar-refractivity contribution in [2.24, 2.45) is 0 Å². The van der Waals surface area contributed by atoms with E-state index < -0.39 is 0 Å². The summed E-state index contributed by atoms with van der Waals surface area (Å²) < 4.78 is 0. The minimum Gasteiger partial charge on any atom is -0.264 e. The zero-order chi connectivity index (χ0) is 35.8. The van der Waals surface area contributed by atoms with Gasteiger partial charge in [-0.2, -0.15) is 0 Å². The van der Waals surface area contributed by atoms with Gasteiger partial charge >= 0.3 is 0 Å². The Morgan fingerprint density at radius 1 is 0.296 bits per heavy atom. The maximum Gasteiger partial charge on any atom is 0.160 e. The molecule has 0 aliphatic carbocycles. The second-order valence-corrected chi connectivity index (χ2v) is 13.6. The standard InChI is InChI=1S/C51H33N3/c1-2-13-36(14-3-1)47-32-48(37-26-23-35(24-27-37)42-18-11-29-52-33-42)54-51(53-47)41-17-10-16-39(31-41)49-43-19-6-8-21-45(43)50(46-22-9-7-20-44(46)49)40-28-25-34-12-4-5-15-38(34)30-40/h1-33H. The molecule has 2 aromatic heterocycles. The number of benzene rings is 8. The van der Waals surface area contributed by atoms with Crippen LogP contribution in [0.25, 0.3) is 99.6 Å². The van der Waals surface area contributed by atoms with Crippen molar-refractivity contribution in [2.45, 2.75) is 0 Å². The van der Waals surface area contributed by atoms with Crippen molar-refractivity contribution in [3.63, 3.8) is 0 Å². The van der Waals surface area contributed by atoms with E-state index in [1.807, 2.05) is 18.3 Å². The molecule has 2 heterocycles. The molecule has 10 rings (SSSR count). The summed E-state index contributed by atoms with van der Waals surface area (Å²) in [7, 11) is 0. The predicted octanol–water partition coefficient (Wildman–Crippen LogP) is 13.3. The molecular formula is C51H33N3. The summed E-state index contributed by atoms with van der Waals surface area (Å²) in [6, 6.07) is 66.8. The zero-order valence-corrected chi connectivity index (χ0v) is 29.4. The first-order valence-corrected chi connectivity index (χ1v) is 18.3. The molecule has 0 radical (unpaired) electrons. The third-order valence-corrected chi connectivity index (χ3v) is 10.4. The summed E-state index contributed by atoms with van der Waals surface area (Å²) in [5.41, 5.74) is 11.8. The topological polar surface area (TPSA) is 38.7 Å². The van der Waals surface area contributed by atoms with Gasteiger partial charge in [0.1, 0.15) is 0 Å². The minimum atomic E-state index is 0.686. The fraction of sp³-hybridized carbons (Fsp3) is 0. The van der Waals surface area contributed by atoms with Gasteiger partial charge in [0.15, 0.2) is 5.82 Å². The van der Waals surface area contributed by atoms with Gasteiger partial charge < -0.3 is 0 Å². The molecule has 0 bridgehead atoms. The lowest BCUT2D eigenvalue weighted by molar-refractivity contribution is 1.18. The maximum absolute atomic E-state index is 5.22. The van der Waals surface area contributed by atoms with Crippen LogP contribution in [0.4, 0.5) is 0 Å². The predicted molar refractivity (Wildman–Crippen MR) is 225 cm³/mol. The van der Waals surface area contributed by atoms with Crippen LogP contribution in [0.3, 0.4) is 0 Å². The summed E-state index contributed by atoms with van der Waals surface area (Å²) in [5.74, 6) is 0.686. The summed E-state index contributed by atoms with van der Waals surface area (Å²) in [6.45, 7) is 0. The highest BCUT2D eigenvalue weighted by atomic mass is 14.9. The Morgan fingerprint density at radius 2 is 0.796 bits per heavy atom. The molecule has 252 valence electrons. The normalized spacial score (nSPS) is 11.3. The summed E-state index contributed by atoms with van der Waals surface area (Å²) >= 11 is 0. The molecule has 0 aliphatic rings. The van der Waals surface area contributed by atoms with E-state index in [1.54, 1.807) is 6.20 Å². The van der Waals surface area contributed by atoms with Gasteiger partial charge in [0.25, 0.3) is 0 Å². The highest BCUT2D eigenvalue weighted by Crippen LogP contribution is 2.44. The first-order valence-electron chi connectivity index (χ1n) is 18.3. The monoisotopic (exact) mass is 687 g/mol. The van der Waals surface area contributed by atoms with Crippen molar-refractivity contribution < 1.29 is 0 Å². The second-order valence-electron chi connectivity index (χ2n) is 13.6. The molecule has 0 amide bonds. The zero-order valence-electron chi connectivity index (χ0n) is 29.4. The highest BCUT2D eigenvalue weighted by molar-refractivity contribution is 6.21. The molecule has 8 aromatic carbocycles. The van der Waals surface area contributed by atoms with E-state index in [9.17, 15) is 0 Å². The molecule has 3 nitrogen and oxygen atoms in total. The summed E-state index contributed by atoms with van der Waals surface area (Å²) in [6.07, 6.45) is 3.69. The molecule has 0 spiro atoms. The third kappa shape index (κ3) is 5.69. The molecule has 0 unspecified atom stereocenters. The van der Waals surface area contributed by atoms with Gasteiger partial charge in [-0.05, 0) is 90.0 Å². The number of rotatable bonds is 6. The molecule has 3 heteroatoms.